The van der Waals surface area contributed by atoms with E-state index < -0.39 is 24.1 Å². The Kier molecular flexibility index (Phi) is 6.37. The molecule has 7 heteroatoms. The molecule has 0 heterocycles. The van der Waals surface area contributed by atoms with Crippen LogP contribution in [0.15, 0.2) is 24.3 Å². The van der Waals surface area contributed by atoms with Crippen molar-refractivity contribution < 1.29 is 24.2 Å². The smallest absolute Gasteiger partial charge is 0.319 e. The topological polar surface area (TPSA) is 92.7 Å². The second-order valence-electron chi connectivity index (χ2n) is 5.08. The maximum absolute atomic E-state index is 11.6. The maximum atomic E-state index is 11.6. The Hall–Kier alpha value is -2.08. The minimum Gasteiger partial charge on any atom is -0.481 e. The van der Waals surface area contributed by atoms with Gasteiger partial charge >= 0.3 is 11.9 Å². The van der Waals surface area contributed by atoms with Crippen molar-refractivity contribution in [3.8, 4) is 0 Å². The van der Waals surface area contributed by atoms with E-state index >= 15 is 0 Å². The van der Waals surface area contributed by atoms with Crippen LogP contribution in [0.25, 0.3) is 0 Å². The zero-order valence-electron chi connectivity index (χ0n) is 12.4. The molecule has 6 nitrogen and oxygen atoms in total. The number of hydrogen-bond acceptors (Lipinski definition) is 4. The second-order valence-corrected chi connectivity index (χ2v) is 5.35. The SMILES string of the molecule is CC(=O)NC(C)(Cc1ccc(CCl)cc1)OC(=O)CC(=O)O. The number of aliphatic carboxylic acids is 1. The summed E-state index contributed by atoms with van der Waals surface area (Å²) in [5, 5.41) is 11.1. The zero-order valence-corrected chi connectivity index (χ0v) is 13.1. The van der Waals surface area contributed by atoms with E-state index in [0.717, 1.165) is 11.1 Å². The molecule has 0 saturated heterocycles. The molecular weight excluding hydrogens is 310 g/mol. The van der Waals surface area contributed by atoms with Crippen LogP contribution in [0.4, 0.5) is 0 Å². The van der Waals surface area contributed by atoms with Gasteiger partial charge in [-0.05, 0) is 18.1 Å². The number of carboxylic acid groups (broad SMARTS) is 1. The first-order valence-corrected chi connectivity index (χ1v) is 7.14. The Morgan fingerprint density at radius 1 is 1.23 bits per heavy atom. The summed E-state index contributed by atoms with van der Waals surface area (Å²) in [6.45, 7) is 2.81. The van der Waals surface area contributed by atoms with Gasteiger partial charge in [-0.3, -0.25) is 14.4 Å². The molecule has 0 aliphatic carbocycles. The van der Waals surface area contributed by atoms with Gasteiger partial charge in [-0.1, -0.05) is 24.3 Å². The molecule has 1 rings (SSSR count). The Morgan fingerprint density at radius 2 is 1.77 bits per heavy atom. The van der Waals surface area contributed by atoms with E-state index in [-0.39, 0.29) is 12.3 Å². The lowest BCUT2D eigenvalue weighted by Gasteiger charge is -2.30. The number of esters is 1. The lowest BCUT2D eigenvalue weighted by atomic mass is 10.0. The highest BCUT2D eigenvalue weighted by Gasteiger charge is 2.30. The Morgan fingerprint density at radius 3 is 2.23 bits per heavy atom. The molecule has 120 valence electrons. The van der Waals surface area contributed by atoms with Crippen molar-refractivity contribution in [2.75, 3.05) is 0 Å². The number of nitrogens with one attached hydrogen (secondary N) is 1. The average Bonchev–Trinajstić information content (AvgIpc) is 2.36. The van der Waals surface area contributed by atoms with Gasteiger partial charge in [-0.2, -0.15) is 0 Å². The Labute approximate surface area is 133 Å². The third-order valence-corrected chi connectivity index (χ3v) is 3.10. The van der Waals surface area contributed by atoms with E-state index in [2.05, 4.69) is 5.32 Å². The highest BCUT2D eigenvalue weighted by atomic mass is 35.5. The van der Waals surface area contributed by atoms with Crippen LogP contribution in [0, 0.1) is 0 Å². The standard InChI is InChI=1S/C15H18ClNO5/c1-10(18)17-15(2,22-14(21)7-13(19)20)8-11-3-5-12(9-16)6-4-11/h3-6H,7-9H2,1-2H3,(H,17,18)(H,19,20). The molecule has 0 aliphatic rings. The summed E-state index contributed by atoms with van der Waals surface area (Å²) in [4.78, 5) is 33.4. The lowest BCUT2D eigenvalue weighted by molar-refractivity contribution is -0.166. The molecular formula is C15H18ClNO5. The van der Waals surface area contributed by atoms with Crippen molar-refractivity contribution in [3.63, 3.8) is 0 Å². The first kappa shape index (κ1) is 18.0. The number of carbonyl (C=O) groups is 3. The van der Waals surface area contributed by atoms with Crippen LogP contribution in [-0.4, -0.2) is 28.7 Å². The number of ether oxygens (including phenoxy) is 1. The van der Waals surface area contributed by atoms with E-state index in [0.29, 0.717) is 5.88 Å². The first-order chi connectivity index (χ1) is 10.2. The van der Waals surface area contributed by atoms with Crippen LogP contribution in [0.5, 0.6) is 0 Å². The number of carbonyl (C=O) groups excluding carboxylic acids is 2. The second kappa shape index (κ2) is 7.79. The minimum absolute atomic E-state index is 0.209. The average molecular weight is 328 g/mol. The monoisotopic (exact) mass is 327 g/mol. The number of halogens is 1. The largest absolute Gasteiger partial charge is 0.481 e. The van der Waals surface area contributed by atoms with Crippen molar-refractivity contribution in [2.24, 2.45) is 0 Å². The summed E-state index contributed by atoms with van der Waals surface area (Å²) in [7, 11) is 0. The van der Waals surface area contributed by atoms with E-state index in [9.17, 15) is 14.4 Å². The highest BCUT2D eigenvalue weighted by molar-refractivity contribution is 6.17. The van der Waals surface area contributed by atoms with Gasteiger partial charge in [0.05, 0.1) is 0 Å². The van der Waals surface area contributed by atoms with Gasteiger partial charge in [-0.15, -0.1) is 11.6 Å². The van der Waals surface area contributed by atoms with Gasteiger partial charge < -0.3 is 15.2 Å². The molecule has 0 saturated carbocycles. The third kappa shape index (κ3) is 6.13. The fourth-order valence-electron chi connectivity index (χ4n) is 2.02. The predicted octanol–water partition coefficient (Wildman–Crippen LogP) is 1.84. The van der Waals surface area contributed by atoms with Crippen LogP contribution in [-0.2, 0) is 31.4 Å². The Bertz CT molecular complexity index is 558. The van der Waals surface area contributed by atoms with Crippen molar-refractivity contribution in [2.45, 2.75) is 38.3 Å². The van der Waals surface area contributed by atoms with Crippen LogP contribution in [0.1, 0.15) is 31.4 Å². The quantitative estimate of drug-likeness (QED) is 0.345. The van der Waals surface area contributed by atoms with Gasteiger partial charge in [0.1, 0.15) is 6.42 Å². The van der Waals surface area contributed by atoms with E-state index in [1.54, 1.807) is 0 Å². The van der Waals surface area contributed by atoms with Crippen molar-refractivity contribution in [1.29, 1.82) is 0 Å². The van der Waals surface area contributed by atoms with Gasteiger partial charge in [-0.25, -0.2) is 0 Å². The van der Waals surface area contributed by atoms with E-state index in [1.165, 1.54) is 13.8 Å². The van der Waals surface area contributed by atoms with Gasteiger partial charge in [0, 0.05) is 19.2 Å². The molecule has 1 unspecified atom stereocenters. The lowest BCUT2D eigenvalue weighted by Crippen LogP contribution is -2.50. The predicted molar refractivity (Wildman–Crippen MR) is 80.3 cm³/mol. The van der Waals surface area contributed by atoms with E-state index in [1.807, 2.05) is 24.3 Å². The van der Waals surface area contributed by atoms with Crippen molar-refractivity contribution in [1.82, 2.24) is 5.32 Å². The summed E-state index contributed by atoms with van der Waals surface area (Å²) in [6, 6.07) is 7.27. The van der Waals surface area contributed by atoms with Crippen LogP contribution >= 0.6 is 11.6 Å². The van der Waals surface area contributed by atoms with Crippen LogP contribution in [0.3, 0.4) is 0 Å². The van der Waals surface area contributed by atoms with Gasteiger partial charge in [0.25, 0.3) is 0 Å². The van der Waals surface area contributed by atoms with Crippen molar-refractivity contribution >= 4 is 29.4 Å². The van der Waals surface area contributed by atoms with Gasteiger partial charge in [0.15, 0.2) is 5.72 Å². The first-order valence-electron chi connectivity index (χ1n) is 6.60. The molecule has 0 spiro atoms. The summed E-state index contributed by atoms with van der Waals surface area (Å²) in [5.74, 6) is -2.21. The molecule has 1 aromatic carbocycles. The van der Waals surface area contributed by atoms with Crippen molar-refractivity contribution in [3.05, 3.63) is 35.4 Å². The summed E-state index contributed by atoms with van der Waals surface area (Å²) in [6.07, 6.45) is -0.555. The van der Waals surface area contributed by atoms with Crippen LogP contribution < -0.4 is 5.32 Å². The minimum atomic E-state index is -1.32. The molecule has 1 atom stereocenters. The molecule has 1 aromatic rings. The number of rotatable bonds is 7. The zero-order chi connectivity index (χ0) is 16.8. The molecule has 22 heavy (non-hydrogen) atoms. The van der Waals surface area contributed by atoms with Gasteiger partial charge in [0.2, 0.25) is 5.91 Å². The normalized spacial score (nSPS) is 13.0. The summed E-state index contributed by atoms with van der Waals surface area (Å²) < 4.78 is 5.14. The highest BCUT2D eigenvalue weighted by Crippen LogP contribution is 2.17. The number of benzene rings is 1. The van der Waals surface area contributed by atoms with E-state index in [4.69, 9.17) is 21.4 Å². The number of alkyl halides is 1. The number of amides is 1. The number of hydrogen-bond donors (Lipinski definition) is 2. The van der Waals surface area contributed by atoms with Crippen LogP contribution in [0.2, 0.25) is 0 Å². The number of carboxylic acids is 1. The summed E-state index contributed by atoms with van der Waals surface area (Å²) in [5.41, 5.74) is 0.434. The molecule has 0 fully saturated rings. The summed E-state index contributed by atoms with van der Waals surface area (Å²) >= 11 is 5.72. The maximum Gasteiger partial charge on any atom is 0.319 e. The molecule has 0 aromatic heterocycles. The fourth-order valence-corrected chi connectivity index (χ4v) is 2.20. The molecule has 0 bridgehead atoms. The molecule has 0 radical (unpaired) electrons. The molecule has 1 amide bonds. The molecule has 2 N–H and O–H groups in total. The fraction of sp³-hybridized carbons (Fsp3) is 0.400. The Balaban J connectivity index is 2.87. The molecule has 0 aliphatic heterocycles. The third-order valence-electron chi connectivity index (χ3n) is 2.79.